The van der Waals surface area contributed by atoms with Crippen molar-refractivity contribution in [1.29, 1.82) is 0 Å². The Balaban J connectivity index is 2.19. The van der Waals surface area contributed by atoms with E-state index in [0.717, 1.165) is 5.52 Å². The fraction of sp³-hybridized carbons (Fsp3) is 0. The third-order valence-corrected chi connectivity index (χ3v) is 3.43. The molecule has 0 radical (unpaired) electrons. The van der Waals surface area contributed by atoms with Gasteiger partial charge in [0.15, 0.2) is 5.43 Å². The zero-order valence-electron chi connectivity index (χ0n) is 11.6. The molecule has 0 amide bonds. The quantitative estimate of drug-likeness (QED) is 0.728. The Morgan fingerprint density at radius 3 is 2.41 bits per heavy atom. The largest absolute Gasteiger partial charge is 0.478 e. The molecule has 0 aliphatic heterocycles. The van der Waals surface area contributed by atoms with Crippen LogP contribution in [0.4, 0.5) is 0 Å². The van der Waals surface area contributed by atoms with Crippen LogP contribution in [0.2, 0.25) is 0 Å². The Labute approximate surface area is 126 Å². The smallest absolute Gasteiger partial charge is 0.336 e. The van der Waals surface area contributed by atoms with Gasteiger partial charge in [-0.25, -0.2) is 4.79 Å². The molecule has 4 heteroatoms. The maximum Gasteiger partial charge on any atom is 0.336 e. The second-order valence-corrected chi connectivity index (χ2v) is 4.85. The minimum absolute atomic E-state index is 0.0846. The second kappa shape index (κ2) is 5.69. The van der Waals surface area contributed by atoms with Gasteiger partial charge in [0.2, 0.25) is 0 Å². The van der Waals surface area contributed by atoms with Crippen molar-refractivity contribution in [1.82, 2.24) is 4.98 Å². The Morgan fingerprint density at radius 1 is 1.00 bits per heavy atom. The number of aromatic amines is 1. The lowest BCUT2D eigenvalue weighted by Crippen LogP contribution is -2.08. The van der Waals surface area contributed by atoms with Crippen LogP contribution in [0.3, 0.4) is 0 Å². The Kier molecular flexibility index (Phi) is 3.58. The normalized spacial score (nSPS) is 11.5. The summed E-state index contributed by atoms with van der Waals surface area (Å²) in [5, 5.41) is 9.95. The fourth-order valence-corrected chi connectivity index (χ4v) is 2.33. The number of aliphatic carboxylic acids is 1. The minimum Gasteiger partial charge on any atom is -0.478 e. The van der Waals surface area contributed by atoms with Gasteiger partial charge in [0.1, 0.15) is 0 Å². The first kappa shape index (κ1) is 13.8. The summed E-state index contributed by atoms with van der Waals surface area (Å²) in [6.07, 6.45) is 2.94. The van der Waals surface area contributed by atoms with Crippen molar-refractivity contribution in [2.45, 2.75) is 0 Å². The van der Waals surface area contributed by atoms with Crippen molar-refractivity contribution in [2.75, 3.05) is 0 Å². The van der Waals surface area contributed by atoms with Gasteiger partial charge in [0, 0.05) is 22.7 Å². The molecule has 0 aliphatic carbocycles. The van der Waals surface area contributed by atoms with Gasteiger partial charge in [-0.15, -0.1) is 0 Å². The molecule has 0 saturated heterocycles. The number of para-hydroxylation sites is 1. The standard InChI is InChI=1S/C18H13NO3/c20-17-13(11-19-16-9-5-4-8-14(16)17)10-15(18(21)22)12-6-2-1-3-7-12/h1-11H,(H,19,20)(H,21,22)/b15-10-. The Bertz CT molecular complexity index is 924. The number of H-pyrrole nitrogens is 1. The highest BCUT2D eigenvalue weighted by molar-refractivity contribution is 6.20. The van der Waals surface area contributed by atoms with Crippen molar-refractivity contribution in [3.8, 4) is 0 Å². The maximum absolute atomic E-state index is 12.5. The fourth-order valence-electron chi connectivity index (χ4n) is 2.33. The monoisotopic (exact) mass is 291 g/mol. The number of fused-ring (bicyclic) bond motifs is 1. The Hall–Kier alpha value is -3.14. The summed E-state index contributed by atoms with van der Waals surface area (Å²) in [6.45, 7) is 0. The molecule has 0 atom stereocenters. The first-order chi connectivity index (χ1) is 10.7. The summed E-state index contributed by atoms with van der Waals surface area (Å²) in [6, 6.07) is 15.9. The minimum atomic E-state index is -1.07. The topological polar surface area (TPSA) is 70.2 Å². The lowest BCUT2D eigenvalue weighted by Gasteiger charge is -2.04. The average molecular weight is 291 g/mol. The molecule has 0 aliphatic rings. The van der Waals surface area contributed by atoms with E-state index >= 15 is 0 Å². The summed E-state index contributed by atoms with van der Waals surface area (Å²) < 4.78 is 0. The highest BCUT2D eigenvalue weighted by atomic mass is 16.4. The predicted molar refractivity (Wildman–Crippen MR) is 86.5 cm³/mol. The van der Waals surface area contributed by atoms with Crippen LogP contribution in [0, 0.1) is 0 Å². The molecule has 22 heavy (non-hydrogen) atoms. The van der Waals surface area contributed by atoms with Crippen LogP contribution in [0.15, 0.2) is 65.6 Å². The first-order valence-corrected chi connectivity index (χ1v) is 6.77. The summed E-state index contributed by atoms with van der Waals surface area (Å²) in [5.74, 6) is -1.07. The molecule has 3 aromatic rings. The van der Waals surface area contributed by atoms with Gasteiger partial charge < -0.3 is 10.1 Å². The molecule has 4 nitrogen and oxygen atoms in total. The molecule has 2 N–H and O–H groups in total. The second-order valence-electron chi connectivity index (χ2n) is 4.85. The van der Waals surface area contributed by atoms with E-state index in [4.69, 9.17) is 0 Å². The third kappa shape index (κ3) is 2.54. The van der Waals surface area contributed by atoms with E-state index in [0.29, 0.717) is 16.5 Å². The third-order valence-electron chi connectivity index (χ3n) is 3.43. The van der Waals surface area contributed by atoms with Crippen molar-refractivity contribution in [2.24, 2.45) is 0 Å². The van der Waals surface area contributed by atoms with E-state index < -0.39 is 5.97 Å². The Morgan fingerprint density at radius 2 is 1.68 bits per heavy atom. The van der Waals surface area contributed by atoms with Gasteiger partial charge in [-0.2, -0.15) is 0 Å². The van der Waals surface area contributed by atoms with Crippen LogP contribution in [0.25, 0.3) is 22.6 Å². The lowest BCUT2D eigenvalue weighted by atomic mass is 10.0. The number of nitrogens with one attached hydrogen (secondary N) is 1. The molecule has 0 unspecified atom stereocenters. The number of rotatable bonds is 3. The number of hydrogen-bond acceptors (Lipinski definition) is 2. The molecule has 2 aromatic carbocycles. The number of pyridine rings is 1. The number of benzene rings is 2. The van der Waals surface area contributed by atoms with Gasteiger partial charge in [-0.1, -0.05) is 42.5 Å². The first-order valence-electron chi connectivity index (χ1n) is 6.77. The van der Waals surface area contributed by atoms with E-state index in [-0.39, 0.29) is 11.0 Å². The number of carboxylic acid groups (broad SMARTS) is 1. The summed E-state index contributed by atoms with van der Waals surface area (Å²) in [7, 11) is 0. The van der Waals surface area contributed by atoms with Crippen molar-refractivity contribution in [3.63, 3.8) is 0 Å². The summed E-state index contributed by atoms with van der Waals surface area (Å²) in [5.41, 5.74) is 1.49. The van der Waals surface area contributed by atoms with Gasteiger partial charge in [0.05, 0.1) is 5.57 Å². The maximum atomic E-state index is 12.5. The lowest BCUT2D eigenvalue weighted by molar-refractivity contribution is -0.130. The number of aromatic nitrogens is 1. The highest BCUT2D eigenvalue weighted by Gasteiger charge is 2.12. The molecule has 108 valence electrons. The molecule has 0 spiro atoms. The van der Waals surface area contributed by atoms with Crippen molar-refractivity contribution >= 4 is 28.5 Å². The van der Waals surface area contributed by atoms with E-state index in [1.807, 2.05) is 12.1 Å². The zero-order chi connectivity index (χ0) is 15.5. The predicted octanol–water partition coefficient (Wildman–Crippen LogP) is 3.15. The number of carboxylic acids is 1. The molecule has 0 saturated carbocycles. The van der Waals surface area contributed by atoms with Crippen LogP contribution in [-0.4, -0.2) is 16.1 Å². The molecule has 3 rings (SSSR count). The zero-order valence-corrected chi connectivity index (χ0v) is 11.6. The van der Waals surface area contributed by atoms with Crippen LogP contribution >= 0.6 is 0 Å². The van der Waals surface area contributed by atoms with E-state index in [2.05, 4.69) is 4.98 Å². The van der Waals surface area contributed by atoms with Gasteiger partial charge >= 0.3 is 5.97 Å². The summed E-state index contributed by atoms with van der Waals surface area (Å²) >= 11 is 0. The SMILES string of the molecule is O=C(O)/C(=C\c1c[nH]c2ccccc2c1=O)c1ccccc1. The molecular weight excluding hydrogens is 278 g/mol. The molecular formula is C18H13NO3. The van der Waals surface area contributed by atoms with Crippen LogP contribution in [0.1, 0.15) is 11.1 Å². The van der Waals surface area contributed by atoms with Gasteiger partial charge in [-0.3, -0.25) is 4.79 Å². The molecule has 1 aromatic heterocycles. The van der Waals surface area contributed by atoms with E-state index in [9.17, 15) is 14.7 Å². The average Bonchev–Trinajstić information content (AvgIpc) is 2.55. The number of carbonyl (C=O) groups is 1. The summed E-state index contributed by atoms with van der Waals surface area (Å²) in [4.78, 5) is 27.0. The van der Waals surface area contributed by atoms with Crippen LogP contribution in [0.5, 0.6) is 0 Å². The molecule has 1 heterocycles. The van der Waals surface area contributed by atoms with E-state index in [1.165, 1.54) is 12.3 Å². The molecule has 0 bridgehead atoms. The van der Waals surface area contributed by atoms with Crippen LogP contribution < -0.4 is 5.43 Å². The van der Waals surface area contributed by atoms with Gasteiger partial charge in [0.25, 0.3) is 0 Å². The van der Waals surface area contributed by atoms with Gasteiger partial charge in [-0.05, 0) is 23.8 Å². The van der Waals surface area contributed by atoms with Crippen molar-refractivity contribution in [3.05, 3.63) is 82.1 Å². The highest BCUT2D eigenvalue weighted by Crippen LogP contribution is 2.18. The molecule has 0 fully saturated rings. The van der Waals surface area contributed by atoms with Crippen LogP contribution in [-0.2, 0) is 4.79 Å². The number of hydrogen-bond donors (Lipinski definition) is 2. The van der Waals surface area contributed by atoms with Crippen molar-refractivity contribution < 1.29 is 9.90 Å². The van der Waals surface area contributed by atoms with E-state index in [1.54, 1.807) is 42.5 Å².